The molecule has 2 aromatic rings. The number of halogens is 1. The monoisotopic (exact) mass is 313 g/mol. The maximum Gasteiger partial charge on any atom is 0.0991 e. The molecule has 0 saturated carbocycles. The van der Waals surface area contributed by atoms with Crippen LogP contribution in [0.5, 0.6) is 0 Å². The van der Waals surface area contributed by atoms with Crippen LogP contribution >= 0.6 is 15.9 Å². The third kappa shape index (κ3) is 2.29. The van der Waals surface area contributed by atoms with Crippen LogP contribution in [0.15, 0.2) is 46.9 Å². The number of fused-ring (bicyclic) bond motifs is 1. The molecule has 0 amide bonds. The van der Waals surface area contributed by atoms with E-state index >= 15 is 0 Å². The molecule has 0 radical (unpaired) electrons. The fourth-order valence-corrected chi connectivity index (χ4v) is 2.63. The summed E-state index contributed by atoms with van der Waals surface area (Å²) < 4.78 is 1.06. The zero-order valence-corrected chi connectivity index (χ0v) is 11.8. The van der Waals surface area contributed by atoms with Gasteiger partial charge in [0.05, 0.1) is 23.0 Å². The number of hydrogen-bond acceptors (Lipinski definition) is 3. The van der Waals surface area contributed by atoms with Crippen molar-refractivity contribution in [3.05, 3.63) is 52.5 Å². The first kappa shape index (κ1) is 12.1. The van der Waals surface area contributed by atoms with E-state index in [-0.39, 0.29) is 0 Å². The van der Waals surface area contributed by atoms with Crippen molar-refractivity contribution < 1.29 is 0 Å². The zero-order chi connectivity index (χ0) is 13.2. The molecule has 0 unspecified atom stereocenters. The summed E-state index contributed by atoms with van der Waals surface area (Å²) in [4.78, 5) is 2.26. The van der Waals surface area contributed by atoms with Crippen LogP contribution in [0.25, 0.3) is 0 Å². The molecule has 94 valence electrons. The molecule has 3 nitrogen and oxygen atoms in total. The lowest BCUT2D eigenvalue weighted by molar-refractivity contribution is 0.926. The van der Waals surface area contributed by atoms with E-state index in [0.717, 1.165) is 34.6 Å². The fourth-order valence-electron chi connectivity index (χ4n) is 2.28. The average Bonchev–Trinajstić information content (AvgIpc) is 2.47. The van der Waals surface area contributed by atoms with Crippen molar-refractivity contribution in [3.63, 3.8) is 0 Å². The van der Waals surface area contributed by atoms with Gasteiger partial charge in [-0.2, -0.15) is 5.26 Å². The first-order valence-electron chi connectivity index (χ1n) is 6.09. The summed E-state index contributed by atoms with van der Waals surface area (Å²) >= 11 is 3.52. The Bertz CT molecular complexity index is 643. The van der Waals surface area contributed by atoms with Gasteiger partial charge in [0.1, 0.15) is 0 Å². The van der Waals surface area contributed by atoms with Gasteiger partial charge in [-0.1, -0.05) is 15.9 Å². The SMILES string of the molecule is N#Cc1ccc(N2CCNc3ccc(Br)cc32)cc1. The number of hydrogen-bond donors (Lipinski definition) is 1. The lowest BCUT2D eigenvalue weighted by Crippen LogP contribution is -2.30. The normalized spacial score (nSPS) is 13.4. The Morgan fingerprint density at radius 2 is 1.95 bits per heavy atom. The second-order valence-electron chi connectivity index (χ2n) is 4.40. The van der Waals surface area contributed by atoms with Crippen LogP contribution in [0.3, 0.4) is 0 Å². The number of nitriles is 1. The van der Waals surface area contributed by atoms with E-state index in [4.69, 9.17) is 5.26 Å². The Labute approximate surface area is 120 Å². The van der Waals surface area contributed by atoms with E-state index in [1.807, 2.05) is 30.3 Å². The van der Waals surface area contributed by atoms with Crippen molar-refractivity contribution in [1.29, 1.82) is 5.26 Å². The topological polar surface area (TPSA) is 39.1 Å². The molecule has 1 aliphatic rings. The molecule has 0 aromatic heterocycles. The van der Waals surface area contributed by atoms with Crippen LogP contribution in [0.2, 0.25) is 0 Å². The molecule has 1 aliphatic heterocycles. The van der Waals surface area contributed by atoms with Gasteiger partial charge in [-0.25, -0.2) is 0 Å². The highest BCUT2D eigenvalue weighted by molar-refractivity contribution is 9.10. The largest absolute Gasteiger partial charge is 0.382 e. The second-order valence-corrected chi connectivity index (χ2v) is 5.31. The molecule has 4 heteroatoms. The molecular weight excluding hydrogens is 302 g/mol. The van der Waals surface area contributed by atoms with E-state index in [0.29, 0.717) is 5.56 Å². The van der Waals surface area contributed by atoms with E-state index in [2.05, 4.69) is 44.3 Å². The highest BCUT2D eigenvalue weighted by atomic mass is 79.9. The molecule has 1 heterocycles. The van der Waals surface area contributed by atoms with Crippen LogP contribution in [-0.4, -0.2) is 13.1 Å². The molecule has 0 spiro atoms. The minimum absolute atomic E-state index is 0.688. The van der Waals surface area contributed by atoms with Crippen molar-refractivity contribution in [2.45, 2.75) is 0 Å². The predicted octanol–water partition coefficient (Wildman–Crippen LogP) is 3.88. The zero-order valence-electron chi connectivity index (χ0n) is 10.2. The first-order chi connectivity index (χ1) is 9.28. The number of anilines is 3. The highest BCUT2D eigenvalue weighted by Gasteiger charge is 2.17. The van der Waals surface area contributed by atoms with Gasteiger partial charge >= 0.3 is 0 Å². The molecular formula is C15H12BrN3. The molecule has 0 saturated heterocycles. The minimum Gasteiger partial charge on any atom is -0.382 e. The first-order valence-corrected chi connectivity index (χ1v) is 6.88. The maximum atomic E-state index is 8.85. The number of nitrogens with zero attached hydrogens (tertiary/aromatic N) is 2. The van der Waals surface area contributed by atoms with Crippen LogP contribution < -0.4 is 10.2 Å². The van der Waals surface area contributed by atoms with E-state index < -0.39 is 0 Å². The van der Waals surface area contributed by atoms with E-state index in [1.54, 1.807) is 0 Å². The summed E-state index contributed by atoms with van der Waals surface area (Å²) in [5.41, 5.74) is 4.09. The van der Waals surface area contributed by atoms with Gasteiger partial charge in [-0.3, -0.25) is 0 Å². The van der Waals surface area contributed by atoms with Crippen molar-refractivity contribution in [3.8, 4) is 6.07 Å². The van der Waals surface area contributed by atoms with Crippen LogP contribution in [0.4, 0.5) is 17.1 Å². The van der Waals surface area contributed by atoms with Crippen molar-refractivity contribution >= 4 is 33.0 Å². The molecule has 19 heavy (non-hydrogen) atoms. The van der Waals surface area contributed by atoms with Gasteiger partial charge in [0.2, 0.25) is 0 Å². The van der Waals surface area contributed by atoms with Crippen LogP contribution in [0.1, 0.15) is 5.56 Å². The molecule has 0 atom stereocenters. The van der Waals surface area contributed by atoms with E-state index in [9.17, 15) is 0 Å². The third-order valence-corrected chi connectivity index (χ3v) is 3.70. The van der Waals surface area contributed by atoms with Gasteiger partial charge in [0.25, 0.3) is 0 Å². The maximum absolute atomic E-state index is 8.85. The van der Waals surface area contributed by atoms with Crippen LogP contribution in [0, 0.1) is 11.3 Å². The summed E-state index contributed by atoms with van der Waals surface area (Å²) in [5, 5.41) is 12.3. The Morgan fingerprint density at radius 3 is 2.68 bits per heavy atom. The second kappa shape index (κ2) is 4.94. The summed E-state index contributed by atoms with van der Waals surface area (Å²) in [6.07, 6.45) is 0. The van der Waals surface area contributed by atoms with Gasteiger partial charge in [-0.05, 0) is 42.5 Å². The Morgan fingerprint density at radius 1 is 1.16 bits per heavy atom. The third-order valence-electron chi connectivity index (χ3n) is 3.21. The summed E-state index contributed by atoms with van der Waals surface area (Å²) in [7, 11) is 0. The van der Waals surface area contributed by atoms with Crippen molar-refractivity contribution in [2.75, 3.05) is 23.3 Å². The lowest BCUT2D eigenvalue weighted by atomic mass is 10.1. The van der Waals surface area contributed by atoms with Crippen molar-refractivity contribution in [1.82, 2.24) is 0 Å². The quantitative estimate of drug-likeness (QED) is 0.868. The molecule has 1 N–H and O–H groups in total. The molecule has 3 rings (SSSR count). The van der Waals surface area contributed by atoms with Gasteiger partial charge < -0.3 is 10.2 Å². The lowest BCUT2D eigenvalue weighted by Gasteiger charge is -2.32. The smallest absolute Gasteiger partial charge is 0.0991 e. The molecule has 0 fully saturated rings. The highest BCUT2D eigenvalue weighted by Crippen LogP contribution is 2.36. The standard InChI is InChI=1S/C15H12BrN3/c16-12-3-6-14-15(9-12)19(8-7-18-14)13-4-1-11(10-17)2-5-13/h1-6,9,18H,7-8H2. The summed E-state index contributed by atoms with van der Waals surface area (Å²) in [6, 6.07) is 16.1. The fraction of sp³-hybridized carbons (Fsp3) is 0.133. The summed E-state index contributed by atoms with van der Waals surface area (Å²) in [5.74, 6) is 0. The molecule has 0 aliphatic carbocycles. The minimum atomic E-state index is 0.688. The van der Waals surface area contributed by atoms with Crippen molar-refractivity contribution in [2.24, 2.45) is 0 Å². The number of rotatable bonds is 1. The van der Waals surface area contributed by atoms with Crippen LogP contribution in [-0.2, 0) is 0 Å². The molecule has 2 aromatic carbocycles. The molecule has 0 bridgehead atoms. The Hall–Kier alpha value is -1.99. The number of benzene rings is 2. The number of nitrogens with one attached hydrogen (secondary N) is 1. The van der Waals surface area contributed by atoms with E-state index in [1.165, 1.54) is 0 Å². The Kier molecular flexibility index (Phi) is 3.14. The summed E-state index contributed by atoms with van der Waals surface area (Å²) in [6.45, 7) is 1.82. The average molecular weight is 314 g/mol. The van der Waals surface area contributed by atoms with Gasteiger partial charge in [-0.15, -0.1) is 0 Å². The Balaban J connectivity index is 2.03. The van der Waals surface area contributed by atoms with Gasteiger partial charge in [0, 0.05) is 23.2 Å². The van der Waals surface area contributed by atoms with Gasteiger partial charge in [0.15, 0.2) is 0 Å². The predicted molar refractivity (Wildman–Crippen MR) is 80.8 cm³/mol.